The first-order chi connectivity index (χ1) is 16.5. The van der Waals surface area contributed by atoms with Crippen molar-refractivity contribution >= 4 is 52.1 Å². The Morgan fingerprint density at radius 1 is 1.11 bits per heavy atom. The van der Waals surface area contributed by atoms with Crippen molar-refractivity contribution in [1.82, 2.24) is 10.6 Å². The first-order valence-corrected chi connectivity index (χ1v) is 11.3. The van der Waals surface area contributed by atoms with E-state index in [1.165, 1.54) is 13.0 Å². The van der Waals surface area contributed by atoms with Crippen molar-refractivity contribution in [1.29, 1.82) is 0 Å². The van der Waals surface area contributed by atoms with Crippen molar-refractivity contribution in [3.8, 4) is 0 Å². The predicted octanol–water partition coefficient (Wildman–Crippen LogP) is 5.49. The minimum Gasteiger partial charge on any atom is -0.374 e. The SMILES string of the molecule is Cc1cc(C2=NOC(c3cc(Cl)c(F)c(Cl)c3)(C(F)(F)F)C2)sc1C(=O)NCC(=O)NCC(F)(F)F. The van der Waals surface area contributed by atoms with Crippen molar-refractivity contribution in [2.45, 2.75) is 31.3 Å². The number of halogens is 9. The van der Waals surface area contributed by atoms with E-state index in [-0.39, 0.29) is 15.5 Å². The molecule has 1 aliphatic heterocycles. The number of carbonyl (C=O) groups is 2. The molecule has 0 saturated heterocycles. The van der Waals surface area contributed by atoms with Gasteiger partial charge in [-0.25, -0.2) is 4.39 Å². The summed E-state index contributed by atoms with van der Waals surface area (Å²) in [5, 5.41) is 5.97. The fourth-order valence-corrected chi connectivity index (χ4v) is 4.73. The normalized spacial score (nSPS) is 18.0. The first-order valence-electron chi connectivity index (χ1n) is 9.73. The lowest BCUT2D eigenvalue weighted by molar-refractivity contribution is -0.275. The lowest BCUT2D eigenvalue weighted by Gasteiger charge is -2.29. The van der Waals surface area contributed by atoms with Gasteiger partial charge in [0.05, 0.1) is 32.8 Å². The molecule has 2 aromatic rings. The second-order valence-corrected chi connectivity index (χ2v) is 9.45. The van der Waals surface area contributed by atoms with Gasteiger partial charge in [0.15, 0.2) is 5.82 Å². The molecule has 1 aromatic carbocycles. The Kier molecular flexibility index (Phi) is 7.82. The fraction of sp³-hybridized carbons (Fsp3) is 0.350. The molecule has 1 aliphatic rings. The van der Waals surface area contributed by atoms with Crippen LogP contribution in [0.2, 0.25) is 10.0 Å². The third-order valence-corrected chi connectivity index (χ3v) is 6.77. The maximum absolute atomic E-state index is 14.1. The molecule has 36 heavy (non-hydrogen) atoms. The highest BCUT2D eigenvalue weighted by atomic mass is 35.5. The third kappa shape index (κ3) is 5.86. The molecule has 0 radical (unpaired) electrons. The second kappa shape index (κ2) is 10.1. The molecule has 196 valence electrons. The molecule has 2 amide bonds. The van der Waals surface area contributed by atoms with Gasteiger partial charge in [-0.05, 0) is 30.7 Å². The number of nitrogens with one attached hydrogen (secondary N) is 2. The van der Waals surface area contributed by atoms with Gasteiger partial charge in [0.2, 0.25) is 5.91 Å². The van der Waals surface area contributed by atoms with Gasteiger partial charge in [0.25, 0.3) is 11.5 Å². The van der Waals surface area contributed by atoms with Gasteiger partial charge in [0, 0.05) is 5.56 Å². The van der Waals surface area contributed by atoms with Crippen LogP contribution in [0.4, 0.5) is 30.7 Å². The van der Waals surface area contributed by atoms with E-state index in [0.717, 1.165) is 23.5 Å². The minimum absolute atomic E-state index is 0.00583. The molecule has 16 heteroatoms. The summed E-state index contributed by atoms with van der Waals surface area (Å²) < 4.78 is 92.6. The van der Waals surface area contributed by atoms with Crippen molar-refractivity contribution in [2.75, 3.05) is 13.1 Å². The van der Waals surface area contributed by atoms with E-state index in [1.54, 1.807) is 5.32 Å². The summed E-state index contributed by atoms with van der Waals surface area (Å²) in [5.74, 6) is -3.02. The van der Waals surface area contributed by atoms with Crippen molar-refractivity contribution in [3.05, 3.63) is 54.9 Å². The topological polar surface area (TPSA) is 79.8 Å². The van der Waals surface area contributed by atoms with Gasteiger partial charge >= 0.3 is 12.4 Å². The van der Waals surface area contributed by atoms with Gasteiger partial charge in [-0.15, -0.1) is 11.3 Å². The van der Waals surface area contributed by atoms with Crippen LogP contribution < -0.4 is 10.6 Å². The maximum Gasteiger partial charge on any atom is 0.435 e. The van der Waals surface area contributed by atoms with Crippen LogP contribution in [-0.4, -0.2) is 43.0 Å². The number of rotatable bonds is 6. The van der Waals surface area contributed by atoms with Gasteiger partial charge in [0.1, 0.15) is 12.3 Å². The predicted molar refractivity (Wildman–Crippen MR) is 117 cm³/mol. The number of aryl methyl sites for hydroxylation is 1. The van der Waals surface area contributed by atoms with Gasteiger partial charge in [-0.3, -0.25) is 9.59 Å². The number of thiophene rings is 1. The highest BCUT2D eigenvalue weighted by molar-refractivity contribution is 7.16. The van der Waals surface area contributed by atoms with Crippen LogP contribution >= 0.6 is 34.5 Å². The summed E-state index contributed by atoms with van der Waals surface area (Å²) in [6.07, 6.45) is -10.5. The number of hydrogen-bond donors (Lipinski definition) is 2. The molecule has 0 aliphatic carbocycles. The van der Waals surface area contributed by atoms with E-state index in [4.69, 9.17) is 28.0 Å². The van der Waals surface area contributed by atoms with E-state index < -0.39 is 70.7 Å². The molecule has 2 N–H and O–H groups in total. The zero-order valence-electron chi connectivity index (χ0n) is 17.8. The molecular weight excluding hydrogens is 566 g/mol. The van der Waals surface area contributed by atoms with Crippen LogP contribution in [0.1, 0.15) is 32.1 Å². The standard InChI is InChI=1S/C20H14Cl2F7N3O3S/c1-8-2-13(36-16(8)17(34)30-6-14(33)31-7-19(24,25)26)12-5-18(35-32-12,20(27,28)29)9-3-10(21)15(23)11(22)4-9/h2-4H,5-7H2,1H3,(H,30,34)(H,31,33). The van der Waals surface area contributed by atoms with E-state index in [2.05, 4.69) is 10.5 Å². The number of nitrogens with zero attached hydrogens (tertiary/aromatic N) is 1. The minimum atomic E-state index is -5.03. The van der Waals surface area contributed by atoms with E-state index in [0.29, 0.717) is 5.56 Å². The first kappa shape index (κ1) is 28.0. The van der Waals surface area contributed by atoms with E-state index in [9.17, 15) is 40.3 Å². The van der Waals surface area contributed by atoms with Crippen LogP contribution in [0, 0.1) is 12.7 Å². The number of amides is 2. The molecule has 1 atom stereocenters. The highest BCUT2D eigenvalue weighted by Gasteiger charge is 2.62. The summed E-state index contributed by atoms with van der Waals surface area (Å²) in [6, 6.07) is 2.83. The van der Waals surface area contributed by atoms with E-state index >= 15 is 0 Å². The Morgan fingerprint density at radius 2 is 1.72 bits per heavy atom. The molecule has 1 aromatic heterocycles. The number of oxime groups is 1. The molecule has 3 rings (SSSR count). The Hall–Kier alpha value is -2.58. The largest absolute Gasteiger partial charge is 0.435 e. The van der Waals surface area contributed by atoms with Crippen molar-refractivity contribution < 1.29 is 45.2 Å². The van der Waals surface area contributed by atoms with Gasteiger partial charge in [-0.2, -0.15) is 26.3 Å². The lowest BCUT2D eigenvalue weighted by Crippen LogP contribution is -2.42. The van der Waals surface area contributed by atoms with Gasteiger partial charge < -0.3 is 15.5 Å². The maximum atomic E-state index is 14.1. The van der Waals surface area contributed by atoms with Crippen LogP contribution in [0.15, 0.2) is 23.4 Å². The van der Waals surface area contributed by atoms with Crippen molar-refractivity contribution in [3.63, 3.8) is 0 Å². The summed E-state index contributed by atoms with van der Waals surface area (Å²) in [6.45, 7) is -0.865. The molecule has 6 nitrogen and oxygen atoms in total. The monoisotopic (exact) mass is 579 g/mol. The average Bonchev–Trinajstić information content (AvgIpc) is 3.38. The molecule has 0 bridgehead atoms. The number of hydrogen-bond acceptors (Lipinski definition) is 5. The number of alkyl halides is 6. The Balaban J connectivity index is 1.78. The molecule has 2 heterocycles. The summed E-state index contributed by atoms with van der Waals surface area (Å²) in [4.78, 5) is 28.8. The average molecular weight is 580 g/mol. The van der Waals surface area contributed by atoms with Gasteiger partial charge in [-0.1, -0.05) is 28.4 Å². The summed E-state index contributed by atoms with van der Waals surface area (Å²) in [5.41, 5.74) is -3.48. The molecule has 0 fully saturated rings. The van der Waals surface area contributed by atoms with Crippen LogP contribution in [-0.2, 0) is 15.2 Å². The Labute approximate surface area is 212 Å². The van der Waals surface area contributed by atoms with Crippen LogP contribution in [0.25, 0.3) is 0 Å². The summed E-state index contributed by atoms with van der Waals surface area (Å²) in [7, 11) is 0. The molecule has 1 unspecified atom stereocenters. The lowest BCUT2D eigenvalue weighted by atomic mass is 9.87. The van der Waals surface area contributed by atoms with Crippen LogP contribution in [0.5, 0.6) is 0 Å². The molecule has 0 saturated carbocycles. The van der Waals surface area contributed by atoms with E-state index in [1.807, 2.05) is 0 Å². The molecule has 0 spiro atoms. The zero-order valence-corrected chi connectivity index (χ0v) is 20.2. The molecular formula is C20H14Cl2F7N3O3S. The zero-order chi connectivity index (χ0) is 27.1. The quantitative estimate of drug-likeness (QED) is 0.351. The Morgan fingerprint density at radius 3 is 2.28 bits per heavy atom. The Bertz CT molecular complexity index is 1210. The summed E-state index contributed by atoms with van der Waals surface area (Å²) >= 11 is 12.1. The third-order valence-electron chi connectivity index (χ3n) is 4.94. The second-order valence-electron chi connectivity index (χ2n) is 7.58. The number of carbonyl (C=O) groups excluding carboxylic acids is 2. The fourth-order valence-electron chi connectivity index (χ4n) is 3.18. The smallest absolute Gasteiger partial charge is 0.374 e. The van der Waals surface area contributed by atoms with Crippen LogP contribution in [0.3, 0.4) is 0 Å². The highest BCUT2D eigenvalue weighted by Crippen LogP contribution is 2.50. The van der Waals surface area contributed by atoms with Crippen molar-refractivity contribution in [2.24, 2.45) is 5.16 Å². The number of benzene rings is 1.